The summed E-state index contributed by atoms with van der Waals surface area (Å²) in [5.74, 6) is -0.461. The highest BCUT2D eigenvalue weighted by Crippen LogP contribution is 2.14. The Bertz CT molecular complexity index is 1060. The number of hydrogen-bond donors (Lipinski definition) is 2. The molecule has 3 rings (SSSR count). The molecule has 0 aliphatic carbocycles. The topological polar surface area (TPSA) is 92.1 Å². The first-order chi connectivity index (χ1) is 12.4. The van der Waals surface area contributed by atoms with Crippen molar-refractivity contribution in [3.8, 4) is 0 Å². The van der Waals surface area contributed by atoms with Crippen molar-refractivity contribution < 1.29 is 4.79 Å². The molecule has 134 valence electrons. The van der Waals surface area contributed by atoms with Gasteiger partial charge >= 0.3 is 0 Å². The molecule has 1 amide bonds. The molecule has 26 heavy (non-hydrogen) atoms. The zero-order valence-corrected chi connectivity index (χ0v) is 15.2. The smallest absolute Gasteiger partial charge is 0.292 e. The molecule has 0 bridgehead atoms. The average molecular weight is 351 g/mol. The van der Waals surface area contributed by atoms with Gasteiger partial charge in [-0.15, -0.1) is 0 Å². The summed E-state index contributed by atoms with van der Waals surface area (Å²) in [6, 6.07) is 8.74. The Morgan fingerprint density at radius 2 is 1.96 bits per heavy atom. The van der Waals surface area contributed by atoms with Gasteiger partial charge in [0.25, 0.3) is 11.5 Å². The van der Waals surface area contributed by atoms with Crippen LogP contribution < -0.4 is 11.0 Å². The van der Waals surface area contributed by atoms with Gasteiger partial charge in [0.15, 0.2) is 5.69 Å². The molecule has 2 aromatic heterocycles. The molecule has 0 saturated heterocycles. The first kappa shape index (κ1) is 17.6. The van der Waals surface area contributed by atoms with Gasteiger partial charge in [-0.25, -0.2) is 10.1 Å². The zero-order chi connectivity index (χ0) is 18.8. The number of hydrazone groups is 1. The monoisotopic (exact) mass is 351 g/mol. The summed E-state index contributed by atoms with van der Waals surface area (Å²) in [5, 5.41) is 9.25. The van der Waals surface area contributed by atoms with Crippen molar-refractivity contribution in [2.75, 3.05) is 0 Å². The minimum Gasteiger partial charge on any atom is -0.362 e. The van der Waals surface area contributed by atoms with Crippen LogP contribution in [0.5, 0.6) is 0 Å². The third-order valence-electron chi connectivity index (χ3n) is 4.09. The lowest BCUT2D eigenvalue weighted by Crippen LogP contribution is -2.30. The molecule has 2 heterocycles. The number of nitrogens with zero attached hydrogens (tertiary/aromatic N) is 3. The summed E-state index contributed by atoms with van der Waals surface area (Å²) in [5.41, 5.74) is 5.35. The predicted molar refractivity (Wildman–Crippen MR) is 102 cm³/mol. The quantitative estimate of drug-likeness (QED) is 0.559. The summed E-state index contributed by atoms with van der Waals surface area (Å²) in [4.78, 5) is 28.3. The number of amides is 1. The van der Waals surface area contributed by atoms with E-state index in [-0.39, 0.29) is 17.3 Å². The van der Waals surface area contributed by atoms with Crippen LogP contribution in [0.25, 0.3) is 10.8 Å². The number of benzene rings is 1. The molecule has 0 atom stereocenters. The fraction of sp³-hybridized carbons (Fsp3) is 0.263. The van der Waals surface area contributed by atoms with Gasteiger partial charge in [0.05, 0.1) is 17.6 Å². The number of aromatic nitrogens is 3. The number of H-pyrrole nitrogens is 1. The molecular weight excluding hydrogens is 330 g/mol. The number of rotatable bonds is 4. The molecule has 0 radical (unpaired) electrons. The van der Waals surface area contributed by atoms with E-state index >= 15 is 0 Å². The second kappa shape index (κ2) is 6.95. The second-order valence-electron chi connectivity index (χ2n) is 6.47. The van der Waals surface area contributed by atoms with Crippen molar-refractivity contribution in [3.63, 3.8) is 0 Å². The van der Waals surface area contributed by atoms with Gasteiger partial charge in [-0.2, -0.15) is 10.2 Å². The van der Waals surface area contributed by atoms with E-state index in [1.165, 1.54) is 4.68 Å². The second-order valence-corrected chi connectivity index (χ2v) is 6.47. The SMILES string of the molecule is Cc1cc(/C=N/NC(=O)c2nn(C(C)C)c(=O)c3ccccc23)c(C)[nH]1. The van der Waals surface area contributed by atoms with Crippen molar-refractivity contribution in [2.45, 2.75) is 33.7 Å². The lowest BCUT2D eigenvalue weighted by atomic mass is 10.1. The standard InChI is InChI=1S/C19H21N5O2/c1-11(2)24-19(26)16-8-6-5-7-15(16)17(23-24)18(25)22-20-10-14-9-12(3)21-13(14)4/h5-11,21H,1-4H3,(H,22,25)/b20-10+. The molecule has 0 saturated carbocycles. The van der Waals surface area contributed by atoms with Crippen LogP contribution in [0.4, 0.5) is 0 Å². The lowest BCUT2D eigenvalue weighted by molar-refractivity contribution is 0.0949. The Morgan fingerprint density at radius 1 is 1.27 bits per heavy atom. The molecule has 3 aromatic rings. The van der Waals surface area contributed by atoms with Crippen LogP contribution in [0.3, 0.4) is 0 Å². The number of carbonyl (C=O) groups is 1. The molecule has 7 nitrogen and oxygen atoms in total. The minimum atomic E-state index is -0.461. The van der Waals surface area contributed by atoms with Crippen LogP contribution >= 0.6 is 0 Å². The molecular formula is C19H21N5O2. The molecule has 7 heteroatoms. The Morgan fingerprint density at radius 3 is 2.58 bits per heavy atom. The maximum atomic E-state index is 12.6. The van der Waals surface area contributed by atoms with Gasteiger partial charge in [-0.3, -0.25) is 9.59 Å². The van der Waals surface area contributed by atoms with Crippen molar-refractivity contribution in [1.82, 2.24) is 20.2 Å². The predicted octanol–water partition coefficient (Wildman–Crippen LogP) is 2.69. The highest BCUT2D eigenvalue weighted by molar-refractivity contribution is 6.05. The van der Waals surface area contributed by atoms with Gasteiger partial charge in [0.2, 0.25) is 0 Å². The van der Waals surface area contributed by atoms with E-state index in [0.29, 0.717) is 10.8 Å². The van der Waals surface area contributed by atoms with Crippen LogP contribution in [0.2, 0.25) is 0 Å². The zero-order valence-electron chi connectivity index (χ0n) is 15.2. The van der Waals surface area contributed by atoms with Crippen LogP contribution in [0.15, 0.2) is 40.2 Å². The Hall–Kier alpha value is -3.22. The highest BCUT2D eigenvalue weighted by Gasteiger charge is 2.17. The van der Waals surface area contributed by atoms with Crippen molar-refractivity contribution in [1.29, 1.82) is 0 Å². The summed E-state index contributed by atoms with van der Waals surface area (Å²) in [7, 11) is 0. The maximum Gasteiger partial charge on any atom is 0.292 e. The number of hydrogen-bond acceptors (Lipinski definition) is 4. The first-order valence-corrected chi connectivity index (χ1v) is 8.39. The van der Waals surface area contributed by atoms with E-state index in [1.54, 1.807) is 30.5 Å². The largest absolute Gasteiger partial charge is 0.362 e. The Kier molecular flexibility index (Phi) is 4.71. The lowest BCUT2D eigenvalue weighted by Gasteiger charge is -2.12. The van der Waals surface area contributed by atoms with Gasteiger partial charge in [-0.05, 0) is 39.8 Å². The summed E-state index contributed by atoms with van der Waals surface area (Å²) < 4.78 is 1.32. The van der Waals surface area contributed by atoms with Crippen LogP contribution in [-0.4, -0.2) is 26.9 Å². The van der Waals surface area contributed by atoms with Crippen LogP contribution in [0, 0.1) is 13.8 Å². The number of aromatic amines is 1. The molecule has 0 aliphatic rings. The Labute approximate surface area is 150 Å². The summed E-state index contributed by atoms with van der Waals surface area (Å²) >= 11 is 0. The van der Waals surface area contributed by atoms with Gasteiger partial charge in [0.1, 0.15) is 0 Å². The third-order valence-corrected chi connectivity index (χ3v) is 4.09. The minimum absolute atomic E-state index is 0.160. The fourth-order valence-corrected chi connectivity index (χ4v) is 2.82. The van der Waals surface area contributed by atoms with Gasteiger partial charge in [-0.1, -0.05) is 18.2 Å². The van der Waals surface area contributed by atoms with Crippen molar-refractivity contribution >= 4 is 22.9 Å². The molecule has 0 aliphatic heterocycles. The van der Waals surface area contributed by atoms with E-state index in [4.69, 9.17) is 0 Å². The van der Waals surface area contributed by atoms with Gasteiger partial charge < -0.3 is 4.98 Å². The molecule has 0 fully saturated rings. The Balaban J connectivity index is 1.96. The van der Waals surface area contributed by atoms with Crippen molar-refractivity contribution in [2.24, 2.45) is 5.10 Å². The number of nitrogens with one attached hydrogen (secondary N) is 2. The van der Waals surface area contributed by atoms with E-state index in [2.05, 4.69) is 20.6 Å². The number of carbonyl (C=O) groups excluding carboxylic acids is 1. The summed E-state index contributed by atoms with van der Waals surface area (Å²) in [6.07, 6.45) is 1.58. The average Bonchev–Trinajstić information content (AvgIpc) is 2.92. The van der Waals surface area contributed by atoms with Gasteiger partial charge in [0, 0.05) is 22.3 Å². The molecule has 2 N–H and O–H groups in total. The molecule has 0 unspecified atom stereocenters. The molecule has 0 spiro atoms. The van der Waals surface area contributed by atoms with E-state index < -0.39 is 5.91 Å². The first-order valence-electron chi connectivity index (χ1n) is 8.39. The number of fused-ring (bicyclic) bond motifs is 1. The van der Waals surface area contributed by atoms with E-state index in [1.807, 2.05) is 33.8 Å². The summed E-state index contributed by atoms with van der Waals surface area (Å²) in [6.45, 7) is 7.58. The van der Waals surface area contributed by atoms with Crippen LogP contribution in [-0.2, 0) is 0 Å². The van der Waals surface area contributed by atoms with E-state index in [0.717, 1.165) is 17.0 Å². The van der Waals surface area contributed by atoms with Crippen LogP contribution in [0.1, 0.15) is 47.3 Å². The highest BCUT2D eigenvalue weighted by atomic mass is 16.2. The normalized spacial score (nSPS) is 11.6. The maximum absolute atomic E-state index is 12.6. The molecule has 1 aromatic carbocycles. The number of aryl methyl sites for hydroxylation is 2. The van der Waals surface area contributed by atoms with Crippen molar-refractivity contribution in [3.05, 3.63) is 63.3 Å². The van der Waals surface area contributed by atoms with E-state index in [9.17, 15) is 9.59 Å². The third kappa shape index (κ3) is 3.28. The fourth-order valence-electron chi connectivity index (χ4n) is 2.82.